The molecular weight excluding hydrogens is 302 g/mol. The molecule has 90 valence electrons. The Hall–Kier alpha value is -0.920. The first-order valence-electron chi connectivity index (χ1n) is 5.13. The number of halogens is 1. The number of nitrogens with two attached hydrogens (primary N) is 1. The number of hydrogen-bond donors (Lipinski definition) is 1. The van der Waals surface area contributed by atoms with Gasteiger partial charge in [-0.1, -0.05) is 39.8 Å². The lowest BCUT2D eigenvalue weighted by Crippen LogP contribution is -2.12. The summed E-state index contributed by atoms with van der Waals surface area (Å²) in [4.78, 5) is 0. The Labute approximate surface area is 112 Å². The number of hydrogen-bond acceptors (Lipinski definition) is 5. The molecule has 1 aromatic heterocycles. The van der Waals surface area contributed by atoms with Gasteiger partial charge in [0.1, 0.15) is 0 Å². The first-order chi connectivity index (χ1) is 8.29. The van der Waals surface area contributed by atoms with Crippen LogP contribution in [0.15, 0.2) is 33.9 Å². The molecule has 7 heteroatoms. The van der Waals surface area contributed by atoms with Crippen molar-refractivity contribution >= 4 is 27.7 Å². The lowest BCUT2D eigenvalue weighted by Gasteiger charge is -2.02. The molecule has 0 fully saturated rings. The average molecular weight is 314 g/mol. The number of benzene rings is 1. The third-order valence-corrected chi connectivity index (χ3v) is 3.68. The zero-order valence-electron chi connectivity index (χ0n) is 9.08. The summed E-state index contributed by atoms with van der Waals surface area (Å²) in [5.41, 5.74) is 6.72. The molecule has 17 heavy (non-hydrogen) atoms. The summed E-state index contributed by atoms with van der Waals surface area (Å²) in [5.74, 6) is 0.845. The predicted molar refractivity (Wildman–Crippen MR) is 70.6 cm³/mol. The van der Waals surface area contributed by atoms with Crippen LogP contribution in [-0.4, -0.2) is 26.8 Å². The molecule has 2 aromatic rings. The van der Waals surface area contributed by atoms with Crippen LogP contribution in [0.3, 0.4) is 0 Å². The molecule has 0 atom stereocenters. The minimum atomic E-state index is 0.539. The van der Waals surface area contributed by atoms with Gasteiger partial charge in [0.25, 0.3) is 0 Å². The van der Waals surface area contributed by atoms with Gasteiger partial charge in [0.15, 0.2) is 0 Å². The molecule has 0 bridgehead atoms. The molecule has 1 heterocycles. The van der Waals surface area contributed by atoms with Gasteiger partial charge in [0.2, 0.25) is 5.16 Å². The van der Waals surface area contributed by atoms with Gasteiger partial charge < -0.3 is 5.73 Å². The second-order valence-corrected chi connectivity index (χ2v) is 5.25. The number of nitrogens with zero attached hydrogens (tertiary/aromatic N) is 4. The summed E-state index contributed by atoms with van der Waals surface area (Å²) in [5, 5.41) is 12.3. The van der Waals surface area contributed by atoms with Crippen LogP contribution in [0.4, 0.5) is 0 Å². The van der Waals surface area contributed by atoms with E-state index >= 15 is 0 Å². The molecule has 0 unspecified atom stereocenters. The van der Waals surface area contributed by atoms with Crippen molar-refractivity contribution in [1.82, 2.24) is 20.2 Å². The molecule has 0 aliphatic rings. The van der Waals surface area contributed by atoms with Gasteiger partial charge in [-0.2, -0.15) is 0 Å². The number of rotatable bonds is 5. The molecule has 1 aromatic carbocycles. The smallest absolute Gasteiger partial charge is 0.209 e. The topological polar surface area (TPSA) is 69.6 Å². The summed E-state index contributed by atoms with van der Waals surface area (Å²) >= 11 is 5.02. The van der Waals surface area contributed by atoms with Gasteiger partial charge in [-0.05, 0) is 28.1 Å². The third kappa shape index (κ3) is 3.52. The van der Waals surface area contributed by atoms with E-state index in [0.717, 1.165) is 15.4 Å². The highest BCUT2D eigenvalue weighted by atomic mass is 79.9. The van der Waals surface area contributed by atoms with E-state index in [-0.39, 0.29) is 0 Å². The van der Waals surface area contributed by atoms with Crippen molar-refractivity contribution in [2.24, 2.45) is 5.73 Å². The average Bonchev–Trinajstić information content (AvgIpc) is 2.77. The van der Waals surface area contributed by atoms with E-state index in [4.69, 9.17) is 5.73 Å². The van der Waals surface area contributed by atoms with Crippen LogP contribution in [0, 0.1) is 0 Å². The molecule has 0 saturated carbocycles. The standard InChI is InChI=1S/C10H12BrN5S/c11-9-3-1-8(2-4-9)7-17-10-13-14-15-16(10)6-5-12/h1-4H,5-7,12H2. The fourth-order valence-corrected chi connectivity index (χ4v) is 2.41. The van der Waals surface area contributed by atoms with E-state index in [2.05, 4.69) is 43.6 Å². The summed E-state index contributed by atoms with van der Waals surface area (Å²) in [6.07, 6.45) is 0. The second kappa shape index (κ2) is 6.13. The first-order valence-corrected chi connectivity index (χ1v) is 6.91. The van der Waals surface area contributed by atoms with Crippen LogP contribution in [0.25, 0.3) is 0 Å². The highest BCUT2D eigenvalue weighted by Crippen LogP contribution is 2.20. The fraction of sp³-hybridized carbons (Fsp3) is 0.300. The quantitative estimate of drug-likeness (QED) is 0.851. The van der Waals surface area contributed by atoms with Crippen molar-refractivity contribution in [3.63, 3.8) is 0 Å². The fourth-order valence-electron chi connectivity index (χ4n) is 1.29. The molecule has 2 N–H and O–H groups in total. The van der Waals surface area contributed by atoms with Gasteiger partial charge >= 0.3 is 0 Å². The van der Waals surface area contributed by atoms with Crippen molar-refractivity contribution < 1.29 is 0 Å². The van der Waals surface area contributed by atoms with Crippen molar-refractivity contribution in [2.45, 2.75) is 17.5 Å². The van der Waals surface area contributed by atoms with Crippen LogP contribution in [0.2, 0.25) is 0 Å². The van der Waals surface area contributed by atoms with Gasteiger partial charge in [0, 0.05) is 16.8 Å². The maximum absolute atomic E-state index is 5.48. The van der Waals surface area contributed by atoms with Crippen molar-refractivity contribution in [2.75, 3.05) is 6.54 Å². The molecule has 0 radical (unpaired) electrons. The lowest BCUT2D eigenvalue weighted by molar-refractivity contribution is 0.557. The first kappa shape index (κ1) is 12.5. The Morgan fingerprint density at radius 2 is 2.06 bits per heavy atom. The maximum Gasteiger partial charge on any atom is 0.209 e. The Balaban J connectivity index is 1.97. The highest BCUT2D eigenvalue weighted by molar-refractivity contribution is 9.10. The van der Waals surface area contributed by atoms with E-state index in [9.17, 15) is 0 Å². The molecule has 0 saturated heterocycles. The largest absolute Gasteiger partial charge is 0.329 e. The maximum atomic E-state index is 5.48. The van der Waals surface area contributed by atoms with E-state index < -0.39 is 0 Å². The number of aromatic nitrogens is 4. The van der Waals surface area contributed by atoms with Crippen LogP contribution < -0.4 is 5.73 Å². The van der Waals surface area contributed by atoms with E-state index in [1.807, 2.05) is 12.1 Å². The zero-order chi connectivity index (χ0) is 12.1. The Bertz CT molecular complexity index is 470. The van der Waals surface area contributed by atoms with Gasteiger partial charge in [0.05, 0.1) is 6.54 Å². The molecular formula is C10H12BrN5S. The molecule has 5 nitrogen and oxygen atoms in total. The van der Waals surface area contributed by atoms with Crippen LogP contribution >= 0.6 is 27.7 Å². The molecule has 0 aliphatic heterocycles. The monoisotopic (exact) mass is 313 g/mol. The summed E-state index contributed by atoms with van der Waals surface area (Å²) in [7, 11) is 0. The predicted octanol–water partition coefficient (Wildman–Crippen LogP) is 1.69. The highest BCUT2D eigenvalue weighted by Gasteiger charge is 2.05. The Morgan fingerprint density at radius 1 is 1.29 bits per heavy atom. The van der Waals surface area contributed by atoms with Crippen LogP contribution in [0.5, 0.6) is 0 Å². The van der Waals surface area contributed by atoms with Gasteiger partial charge in [-0.15, -0.1) is 5.10 Å². The minimum absolute atomic E-state index is 0.539. The van der Waals surface area contributed by atoms with Crippen LogP contribution in [-0.2, 0) is 12.3 Å². The van der Waals surface area contributed by atoms with E-state index in [0.29, 0.717) is 13.1 Å². The van der Waals surface area contributed by atoms with E-state index in [1.165, 1.54) is 5.56 Å². The summed E-state index contributed by atoms with van der Waals surface area (Å²) < 4.78 is 2.81. The Morgan fingerprint density at radius 3 is 2.76 bits per heavy atom. The van der Waals surface area contributed by atoms with E-state index in [1.54, 1.807) is 16.4 Å². The van der Waals surface area contributed by atoms with Gasteiger partial charge in [-0.25, -0.2) is 4.68 Å². The van der Waals surface area contributed by atoms with Crippen molar-refractivity contribution in [1.29, 1.82) is 0 Å². The number of tetrazole rings is 1. The van der Waals surface area contributed by atoms with Crippen molar-refractivity contribution in [3.8, 4) is 0 Å². The minimum Gasteiger partial charge on any atom is -0.329 e. The summed E-state index contributed by atoms with van der Waals surface area (Å²) in [6, 6.07) is 8.21. The lowest BCUT2D eigenvalue weighted by atomic mass is 10.2. The Kier molecular flexibility index (Phi) is 4.52. The number of thioether (sulfide) groups is 1. The van der Waals surface area contributed by atoms with Crippen LogP contribution in [0.1, 0.15) is 5.56 Å². The third-order valence-electron chi connectivity index (χ3n) is 2.12. The molecule has 0 aliphatic carbocycles. The SMILES string of the molecule is NCCn1nnnc1SCc1ccc(Br)cc1. The zero-order valence-corrected chi connectivity index (χ0v) is 11.5. The molecule has 2 rings (SSSR count). The molecule has 0 amide bonds. The van der Waals surface area contributed by atoms with Crippen molar-refractivity contribution in [3.05, 3.63) is 34.3 Å². The molecule has 0 spiro atoms. The van der Waals surface area contributed by atoms with Gasteiger partial charge in [-0.3, -0.25) is 0 Å². The second-order valence-electron chi connectivity index (χ2n) is 3.39. The summed E-state index contributed by atoms with van der Waals surface area (Å²) in [6.45, 7) is 1.19. The normalized spacial score (nSPS) is 10.7.